The summed E-state index contributed by atoms with van der Waals surface area (Å²) in [7, 11) is 0. The van der Waals surface area contributed by atoms with Crippen molar-refractivity contribution in [3.63, 3.8) is 0 Å². The molecule has 1 spiro atoms. The summed E-state index contributed by atoms with van der Waals surface area (Å²) in [5.41, 5.74) is 1.40. The molecule has 1 aromatic rings. The Morgan fingerprint density at radius 2 is 2.17 bits per heavy atom. The summed E-state index contributed by atoms with van der Waals surface area (Å²) in [6.07, 6.45) is 10.7. The van der Waals surface area contributed by atoms with Gasteiger partial charge in [0.15, 0.2) is 0 Å². The van der Waals surface area contributed by atoms with Crippen molar-refractivity contribution in [2.24, 2.45) is 11.3 Å². The minimum Gasteiger partial charge on any atom is -0.342 e. The van der Waals surface area contributed by atoms with E-state index in [0.29, 0.717) is 11.8 Å². The first-order chi connectivity index (χ1) is 11.2. The number of carbonyl (C=O) groups excluding carboxylic acids is 1. The summed E-state index contributed by atoms with van der Waals surface area (Å²) >= 11 is 0. The van der Waals surface area contributed by atoms with E-state index in [4.69, 9.17) is 0 Å². The smallest absolute Gasteiger partial charge is 0.227 e. The number of likely N-dealkylation sites (tertiary alicyclic amines) is 2. The summed E-state index contributed by atoms with van der Waals surface area (Å²) in [6.45, 7) is 5.64. The average Bonchev–Trinajstić information content (AvgIpc) is 3.30. The van der Waals surface area contributed by atoms with E-state index in [1.165, 1.54) is 45.3 Å². The van der Waals surface area contributed by atoms with E-state index in [1.807, 2.05) is 18.3 Å². The largest absolute Gasteiger partial charge is 0.342 e. The third kappa shape index (κ3) is 3.57. The molecule has 23 heavy (non-hydrogen) atoms. The van der Waals surface area contributed by atoms with E-state index in [2.05, 4.69) is 14.8 Å². The molecule has 124 valence electrons. The number of hydrogen-bond acceptors (Lipinski definition) is 3. The van der Waals surface area contributed by atoms with Crippen molar-refractivity contribution >= 4 is 5.91 Å². The number of nitrogens with zero attached hydrogens (tertiary/aromatic N) is 3. The fraction of sp³-hybridized carbons (Fsp3) is 0.684. The molecular weight excluding hydrogens is 286 g/mol. The van der Waals surface area contributed by atoms with Crippen LogP contribution in [0.15, 0.2) is 24.5 Å². The molecule has 0 aromatic carbocycles. The van der Waals surface area contributed by atoms with Gasteiger partial charge in [-0.1, -0.05) is 6.07 Å². The van der Waals surface area contributed by atoms with E-state index < -0.39 is 0 Å². The van der Waals surface area contributed by atoms with Crippen LogP contribution in [-0.2, 0) is 11.2 Å². The monoisotopic (exact) mass is 313 g/mol. The number of carbonyl (C=O) groups is 1. The summed E-state index contributed by atoms with van der Waals surface area (Å²) in [5, 5.41) is 0. The molecular formula is C19H27N3O. The molecule has 1 saturated carbocycles. The standard InChI is InChI=1S/C19H27N3O/c23-18(11-17-3-1-8-20-12-17)22-9-2-6-19(15-22)7-10-21(14-19)13-16-4-5-16/h1,3,8,12,16H,2,4-7,9-11,13-15H2/t19-/m0/s1. The molecule has 0 N–H and O–H groups in total. The third-order valence-electron chi connectivity index (χ3n) is 5.82. The molecule has 1 atom stereocenters. The van der Waals surface area contributed by atoms with Gasteiger partial charge in [-0.05, 0) is 56.2 Å². The number of rotatable bonds is 4. The van der Waals surface area contributed by atoms with E-state index in [0.717, 1.165) is 31.0 Å². The van der Waals surface area contributed by atoms with Gasteiger partial charge < -0.3 is 9.80 Å². The average molecular weight is 313 g/mol. The summed E-state index contributed by atoms with van der Waals surface area (Å²) < 4.78 is 0. The lowest BCUT2D eigenvalue weighted by Crippen LogP contribution is -2.47. The highest BCUT2D eigenvalue weighted by Gasteiger charge is 2.43. The number of amides is 1. The normalized spacial score (nSPS) is 28.4. The van der Waals surface area contributed by atoms with Crippen LogP contribution in [0.25, 0.3) is 0 Å². The zero-order chi connectivity index (χ0) is 15.7. The van der Waals surface area contributed by atoms with Gasteiger partial charge in [0.2, 0.25) is 5.91 Å². The van der Waals surface area contributed by atoms with Crippen LogP contribution in [0.5, 0.6) is 0 Å². The highest BCUT2D eigenvalue weighted by atomic mass is 16.2. The molecule has 2 aliphatic heterocycles. The van der Waals surface area contributed by atoms with Crippen LogP contribution in [0.1, 0.15) is 37.7 Å². The molecule has 4 nitrogen and oxygen atoms in total. The zero-order valence-corrected chi connectivity index (χ0v) is 13.9. The summed E-state index contributed by atoms with van der Waals surface area (Å²) in [6, 6.07) is 3.91. The Morgan fingerprint density at radius 3 is 2.96 bits per heavy atom. The van der Waals surface area contributed by atoms with Gasteiger partial charge in [-0.3, -0.25) is 9.78 Å². The van der Waals surface area contributed by atoms with Crippen molar-refractivity contribution in [2.75, 3.05) is 32.7 Å². The van der Waals surface area contributed by atoms with Crippen molar-refractivity contribution in [3.05, 3.63) is 30.1 Å². The van der Waals surface area contributed by atoms with Crippen molar-refractivity contribution < 1.29 is 4.79 Å². The lowest BCUT2D eigenvalue weighted by molar-refractivity contribution is -0.133. The van der Waals surface area contributed by atoms with Crippen LogP contribution in [0.2, 0.25) is 0 Å². The Bertz CT molecular complexity index is 557. The molecule has 1 aliphatic carbocycles. The first kappa shape index (κ1) is 15.1. The minimum absolute atomic E-state index is 0.276. The molecule has 0 bridgehead atoms. The third-order valence-corrected chi connectivity index (χ3v) is 5.82. The van der Waals surface area contributed by atoms with E-state index in [9.17, 15) is 4.79 Å². The van der Waals surface area contributed by atoms with E-state index in [-0.39, 0.29) is 5.91 Å². The van der Waals surface area contributed by atoms with Crippen LogP contribution < -0.4 is 0 Å². The van der Waals surface area contributed by atoms with Crippen LogP contribution in [0, 0.1) is 11.3 Å². The highest BCUT2D eigenvalue weighted by Crippen LogP contribution is 2.41. The maximum atomic E-state index is 12.7. The summed E-state index contributed by atoms with van der Waals surface area (Å²) in [5.74, 6) is 1.25. The van der Waals surface area contributed by atoms with Crippen LogP contribution in [0.3, 0.4) is 0 Å². The maximum absolute atomic E-state index is 12.7. The molecule has 4 rings (SSSR count). The first-order valence-corrected chi connectivity index (χ1v) is 9.12. The number of aromatic nitrogens is 1. The van der Waals surface area contributed by atoms with Gasteiger partial charge in [0, 0.05) is 44.0 Å². The highest BCUT2D eigenvalue weighted by molar-refractivity contribution is 5.78. The number of hydrogen-bond donors (Lipinski definition) is 0. The maximum Gasteiger partial charge on any atom is 0.227 e. The molecule has 3 heterocycles. The Balaban J connectivity index is 1.36. The molecule has 1 amide bonds. The van der Waals surface area contributed by atoms with Gasteiger partial charge in [0.1, 0.15) is 0 Å². The van der Waals surface area contributed by atoms with Gasteiger partial charge in [-0.2, -0.15) is 0 Å². The van der Waals surface area contributed by atoms with Gasteiger partial charge in [0.05, 0.1) is 6.42 Å². The quantitative estimate of drug-likeness (QED) is 0.856. The second-order valence-corrected chi connectivity index (χ2v) is 7.89. The van der Waals surface area contributed by atoms with Crippen molar-refractivity contribution in [1.82, 2.24) is 14.8 Å². The second kappa shape index (κ2) is 6.23. The Kier molecular flexibility index (Phi) is 4.10. The predicted octanol–water partition coefficient (Wildman–Crippen LogP) is 2.35. The lowest BCUT2D eigenvalue weighted by Gasteiger charge is -2.40. The summed E-state index contributed by atoms with van der Waals surface area (Å²) in [4.78, 5) is 21.6. The molecule has 4 heteroatoms. The lowest BCUT2D eigenvalue weighted by atomic mass is 9.79. The molecule has 0 radical (unpaired) electrons. The fourth-order valence-electron chi connectivity index (χ4n) is 4.39. The molecule has 3 aliphatic rings. The van der Waals surface area contributed by atoms with Crippen LogP contribution in [-0.4, -0.2) is 53.4 Å². The van der Waals surface area contributed by atoms with Crippen LogP contribution in [0.4, 0.5) is 0 Å². The van der Waals surface area contributed by atoms with Gasteiger partial charge in [-0.25, -0.2) is 0 Å². The molecule has 1 aromatic heterocycles. The Morgan fingerprint density at radius 1 is 1.26 bits per heavy atom. The number of piperidine rings is 1. The predicted molar refractivity (Wildman–Crippen MR) is 90.0 cm³/mol. The SMILES string of the molecule is O=C(Cc1cccnc1)N1CCC[C@@]2(CCN(CC3CC3)C2)C1. The van der Waals surface area contributed by atoms with Crippen molar-refractivity contribution in [2.45, 2.75) is 38.5 Å². The van der Waals surface area contributed by atoms with Crippen molar-refractivity contribution in [3.8, 4) is 0 Å². The van der Waals surface area contributed by atoms with Gasteiger partial charge >= 0.3 is 0 Å². The van der Waals surface area contributed by atoms with Crippen molar-refractivity contribution in [1.29, 1.82) is 0 Å². The Labute approximate surface area is 138 Å². The number of pyridine rings is 1. The molecule has 0 unspecified atom stereocenters. The van der Waals surface area contributed by atoms with E-state index in [1.54, 1.807) is 6.20 Å². The first-order valence-electron chi connectivity index (χ1n) is 9.12. The van der Waals surface area contributed by atoms with Gasteiger partial charge in [-0.15, -0.1) is 0 Å². The van der Waals surface area contributed by atoms with Crippen LogP contribution >= 0.6 is 0 Å². The Hall–Kier alpha value is -1.42. The van der Waals surface area contributed by atoms with E-state index >= 15 is 0 Å². The molecule has 2 saturated heterocycles. The molecule has 3 fully saturated rings. The van der Waals surface area contributed by atoms with Gasteiger partial charge in [0.25, 0.3) is 0 Å². The minimum atomic E-state index is 0.276. The fourth-order valence-corrected chi connectivity index (χ4v) is 4.39. The second-order valence-electron chi connectivity index (χ2n) is 7.89. The zero-order valence-electron chi connectivity index (χ0n) is 13.9. The topological polar surface area (TPSA) is 36.4 Å².